The molecule has 4 aromatic carbocycles. The second kappa shape index (κ2) is 41.7. The number of halogens is 6. The van der Waals surface area contributed by atoms with Crippen LogP contribution in [0.25, 0.3) is 61.1 Å². The number of nitrogens with zero attached hydrogens (tertiary/aromatic N) is 22. The highest BCUT2D eigenvalue weighted by molar-refractivity contribution is 9.10. The van der Waals surface area contributed by atoms with Gasteiger partial charge in [-0.3, -0.25) is 24.7 Å². The van der Waals surface area contributed by atoms with E-state index in [1.54, 1.807) is 29.3 Å². The number of alkyl halides is 1. The van der Waals surface area contributed by atoms with E-state index in [9.17, 15) is 0 Å². The molecule has 0 amide bonds. The van der Waals surface area contributed by atoms with Gasteiger partial charge in [0, 0.05) is 65.5 Å². The molecule has 37 heteroatoms. The number of likely N-dealkylation sites (tertiary alicyclic amines) is 4. The van der Waals surface area contributed by atoms with Gasteiger partial charge in [-0.05, 0) is 280 Å². The maximum atomic E-state index is 7.32. The molecule has 5 N–H and O–H groups in total. The number of benzene rings is 4. The molecule has 0 spiro atoms. The highest BCUT2D eigenvalue weighted by atomic mass is 79.9. The molecule has 4 aliphatic carbocycles. The smallest absolute Gasteiger partial charge is 0.196 e. The topological polar surface area (TPSA) is 324 Å². The second-order valence-corrected chi connectivity index (χ2v) is 38.2. The number of rotatable bonds is 15. The van der Waals surface area contributed by atoms with Crippen molar-refractivity contribution in [3.8, 4) is 23.5 Å². The van der Waals surface area contributed by atoms with Crippen molar-refractivity contribution in [2.24, 2.45) is 0 Å². The molecular weight excluding hydrogens is 1790 g/mol. The summed E-state index contributed by atoms with van der Waals surface area (Å²) in [5, 5.41) is 80.1. The summed E-state index contributed by atoms with van der Waals surface area (Å²) < 4.78 is 29.6. The van der Waals surface area contributed by atoms with Gasteiger partial charge >= 0.3 is 0 Å². The van der Waals surface area contributed by atoms with Gasteiger partial charge in [0.05, 0.1) is 167 Å². The Morgan fingerprint density at radius 1 is 0.427 bits per heavy atom. The molecule has 124 heavy (non-hydrogen) atoms. The van der Waals surface area contributed by atoms with Crippen molar-refractivity contribution < 1.29 is 18.9 Å². The van der Waals surface area contributed by atoms with Gasteiger partial charge in [-0.15, -0.1) is 20.4 Å². The van der Waals surface area contributed by atoms with Gasteiger partial charge in [0.1, 0.15) is 4.60 Å². The van der Waals surface area contributed by atoms with Gasteiger partial charge in [0.2, 0.25) is 0 Å². The van der Waals surface area contributed by atoms with Crippen LogP contribution in [0, 0.1) is 11.3 Å². The Labute approximate surface area is 758 Å². The molecule has 0 unspecified atom stereocenters. The average molecular weight is 1900 g/mol. The van der Waals surface area contributed by atoms with Crippen molar-refractivity contribution in [2.75, 3.05) is 119 Å². The van der Waals surface area contributed by atoms with Crippen molar-refractivity contribution >= 4 is 122 Å². The molecule has 12 aliphatic rings. The molecule has 2 atom stereocenters. The first-order chi connectivity index (χ1) is 60.7. The van der Waals surface area contributed by atoms with Gasteiger partial charge < -0.3 is 29.6 Å². The van der Waals surface area contributed by atoms with Crippen LogP contribution in [0.5, 0.6) is 0 Å². The number of hydrogen-bond donors (Lipinski definition) is 5. The number of H-pyrrole nitrogens is 3. The lowest BCUT2D eigenvalue weighted by Gasteiger charge is -2.41. The Kier molecular flexibility index (Phi) is 29.8. The number of piperidine rings is 4. The number of nitriles is 1. The van der Waals surface area contributed by atoms with Crippen molar-refractivity contribution in [3.63, 3.8) is 0 Å². The first-order valence-corrected chi connectivity index (χ1v) is 47.4. The lowest BCUT2D eigenvalue weighted by molar-refractivity contribution is -0.0712. The van der Waals surface area contributed by atoms with Crippen LogP contribution in [0.3, 0.4) is 0 Å². The zero-order chi connectivity index (χ0) is 85.2. The fourth-order valence-electron chi connectivity index (χ4n) is 18.1. The normalized spacial score (nSPS) is 21.7. The lowest BCUT2D eigenvalue weighted by atomic mass is 9.88. The number of aromatic nitrogens is 20. The van der Waals surface area contributed by atoms with Crippen molar-refractivity contribution in [1.29, 1.82) is 5.26 Å². The quantitative estimate of drug-likeness (QED) is 0.0595. The maximum Gasteiger partial charge on any atom is 0.196 e. The van der Waals surface area contributed by atoms with Crippen LogP contribution >= 0.6 is 78.3 Å². The van der Waals surface area contributed by atoms with Gasteiger partial charge in [-0.2, -0.15) is 56.2 Å². The SMILES string of the molecule is BrC1CC1.Brc1cn[nH]n1.CC#N.CN[C@@H]1CCCC[C@H]1NC.Clc1cc2cn[nH]c2cc1C1CCN(C2COC2)CC1.Clc1cc2cnn(-c3cn(C4CC4)nn3)c2cc1C1CCN(C2COC2)CC1.Clc1cc2cnn(-c3cn[nH]n3)c2cc1C1CCN(C2COC2)CC1.Clc1cc2cnn(-c3cnn(C4CC4)n3)c2cc1C1CCN(C2COC2)CC1. The van der Waals surface area contributed by atoms with E-state index in [-0.39, 0.29) is 0 Å². The fraction of sp³-hybridized carbons (Fsp3) is 0.575. The van der Waals surface area contributed by atoms with E-state index in [1.807, 2.05) is 74.1 Å². The zero-order valence-corrected chi connectivity index (χ0v) is 76.7. The van der Waals surface area contributed by atoms with Crippen LogP contribution in [0.15, 0.2) is 103 Å². The van der Waals surface area contributed by atoms with Crippen LogP contribution in [0.2, 0.25) is 20.1 Å². The van der Waals surface area contributed by atoms with Crippen LogP contribution < -0.4 is 10.6 Å². The summed E-state index contributed by atoms with van der Waals surface area (Å²) in [6.45, 7) is 17.5. The minimum Gasteiger partial charge on any atom is -0.378 e. The monoisotopic (exact) mass is 1900 g/mol. The zero-order valence-electron chi connectivity index (χ0n) is 70.5. The summed E-state index contributed by atoms with van der Waals surface area (Å²) in [7, 11) is 4.11. The molecule has 8 aliphatic heterocycles. The van der Waals surface area contributed by atoms with Gasteiger partial charge in [-0.1, -0.05) is 80.4 Å². The largest absolute Gasteiger partial charge is 0.378 e. The van der Waals surface area contributed by atoms with E-state index in [0.29, 0.717) is 77.8 Å². The third-order valence-corrected chi connectivity index (χ3v) is 28.9. The molecule has 8 aromatic heterocycles. The summed E-state index contributed by atoms with van der Waals surface area (Å²) in [6.07, 6.45) is 36.5. The molecule has 0 radical (unpaired) electrons. The fourth-order valence-corrected chi connectivity index (χ4v) is 19.9. The summed E-state index contributed by atoms with van der Waals surface area (Å²) in [6, 6.07) is 23.6. The Morgan fingerprint density at radius 3 is 1.16 bits per heavy atom. The molecule has 24 rings (SSSR count). The standard InChI is InChI=1S/2C20H23ClN6O.C17H19ClN6O.C15H18ClN3O.C8H18N2.C3H5Br.C2H2BrN3.C2H3N/c21-18-7-14-9-22-27(20-10-26(24-23-20)15-1-2-15)19(14)8-17(18)13-3-5-25(6-4-13)16-11-28-12-16;21-18-7-14-9-22-26(20-10-23-27(24-20)15-1-2-15)19(14)8-17(18)13-3-5-25(6-4-13)16-11-28-12-16;18-15-5-12-7-20-24(17-8-19-22-21-17)16(12)6-14(15)11-1-3-23(4-2-11)13-9-25-10-13;16-14-5-11-7-17-18-15(11)6-13(14)10-1-3-19(4-2-10)12-8-20-9-12;1-9-7-5-3-4-6-8(7)10-2;4-3-1-2-3;3-2-1-4-6-5-2;1-2-3/h2*7-10,13,15-16H,1-6,11-12H2;5-8,11,13H,1-4,9-10H2,(H,19,21,22);5-7,10,12H,1-4,8-9H2,(H,17,18);7-10H,3-6H2,1-2H3;3H,1-2H2;1H,(H,4,5,6);1H3/t;;;;7-,8-;;;/m....1.../s1. The maximum absolute atomic E-state index is 7.32. The van der Waals surface area contributed by atoms with Gasteiger partial charge in [0.25, 0.3) is 0 Å². The summed E-state index contributed by atoms with van der Waals surface area (Å²) in [4.78, 5) is 12.9. The minimum absolute atomic E-state index is 0.465. The lowest BCUT2D eigenvalue weighted by Crippen LogP contribution is -2.51. The Bertz CT molecular complexity index is 5270. The molecular formula is C87H111Br2Cl4N27O4. The van der Waals surface area contributed by atoms with Crippen molar-refractivity contribution in [2.45, 2.75) is 199 Å². The van der Waals surface area contributed by atoms with E-state index in [4.69, 9.17) is 70.6 Å². The predicted molar refractivity (Wildman–Crippen MR) is 487 cm³/mol. The van der Waals surface area contributed by atoms with E-state index in [0.717, 1.165) is 229 Å². The predicted octanol–water partition coefficient (Wildman–Crippen LogP) is 14.9. The molecule has 12 aromatic rings. The molecule has 12 fully saturated rings. The van der Waals surface area contributed by atoms with E-state index in [2.05, 4.69) is 177 Å². The third kappa shape index (κ3) is 21.6. The number of fused-ring (bicyclic) bond motifs is 4. The number of likely N-dealkylation sites (N-methyl/N-ethyl adjacent to an activating group) is 2. The highest BCUT2D eigenvalue weighted by Crippen LogP contribution is 2.43. The molecule has 8 saturated heterocycles. The number of aromatic amines is 3. The Morgan fingerprint density at radius 2 is 0.815 bits per heavy atom. The van der Waals surface area contributed by atoms with Crippen LogP contribution in [0.4, 0.5) is 0 Å². The molecule has 16 heterocycles. The van der Waals surface area contributed by atoms with Crippen LogP contribution in [-0.4, -0.2) is 280 Å². The number of nitrogens with one attached hydrogen (secondary N) is 5. The Hall–Kier alpha value is -7.47. The third-order valence-electron chi connectivity index (χ3n) is 26.3. The molecule has 0 bridgehead atoms. The van der Waals surface area contributed by atoms with Gasteiger partial charge in [0.15, 0.2) is 17.5 Å². The van der Waals surface area contributed by atoms with Crippen molar-refractivity contribution in [1.82, 2.24) is 131 Å². The summed E-state index contributed by atoms with van der Waals surface area (Å²) >= 11 is 32.9. The number of ether oxygens (including phenoxy) is 4. The molecule has 4 saturated carbocycles. The van der Waals surface area contributed by atoms with Crippen molar-refractivity contribution in [3.05, 3.63) is 145 Å². The summed E-state index contributed by atoms with van der Waals surface area (Å²) in [5.74, 6) is 4.24. The van der Waals surface area contributed by atoms with E-state index in [1.165, 1.54) is 106 Å². The molecule has 31 nitrogen and oxygen atoms in total. The Balaban J connectivity index is 0.000000108. The first-order valence-electron chi connectivity index (χ1n) is 44.1. The highest BCUT2D eigenvalue weighted by Gasteiger charge is 2.37. The molecule has 660 valence electrons. The summed E-state index contributed by atoms with van der Waals surface area (Å²) in [5.41, 5.74) is 9.15. The van der Waals surface area contributed by atoms with E-state index < -0.39 is 0 Å². The number of hydrogen-bond acceptors (Lipinski definition) is 23. The first kappa shape index (κ1) is 88.6. The van der Waals surface area contributed by atoms with Crippen LogP contribution in [-0.2, 0) is 18.9 Å². The van der Waals surface area contributed by atoms with E-state index >= 15 is 0 Å². The van der Waals surface area contributed by atoms with Gasteiger partial charge in [-0.25, -0.2) is 18.7 Å². The van der Waals surface area contributed by atoms with Crippen LogP contribution in [0.1, 0.15) is 181 Å². The average Bonchev–Trinajstić information content (AvgIpc) is 1.77. The minimum atomic E-state index is 0.465. The second-order valence-electron chi connectivity index (χ2n) is 34.4.